The molecule has 1 aromatic carbocycles. The number of amides is 3. The summed E-state index contributed by atoms with van der Waals surface area (Å²) < 4.78 is 14.7. The summed E-state index contributed by atoms with van der Waals surface area (Å²) in [6, 6.07) is 7.98. The Morgan fingerprint density at radius 2 is 1.72 bits per heavy atom. The lowest BCUT2D eigenvalue weighted by Crippen LogP contribution is -2.60. The van der Waals surface area contributed by atoms with Gasteiger partial charge in [0.2, 0.25) is 5.91 Å². The minimum absolute atomic E-state index is 0.00658. The molecule has 1 aromatic heterocycles. The van der Waals surface area contributed by atoms with E-state index in [1.165, 1.54) is 12.3 Å². The number of nitrogens with zero attached hydrogens (tertiary/aromatic N) is 3. The summed E-state index contributed by atoms with van der Waals surface area (Å²) in [6.07, 6.45) is 6.15. The van der Waals surface area contributed by atoms with Gasteiger partial charge < -0.3 is 9.80 Å². The molecule has 190 valence electrons. The molecule has 2 saturated heterocycles. The van der Waals surface area contributed by atoms with Crippen LogP contribution in [0.2, 0.25) is 5.15 Å². The first kappa shape index (κ1) is 24.6. The number of hydrogen-bond donors (Lipinski definition) is 2. The minimum atomic E-state index is -0.565. The lowest BCUT2D eigenvalue weighted by molar-refractivity contribution is -0.133. The summed E-state index contributed by atoms with van der Waals surface area (Å²) in [5, 5.41) is 0.145. The van der Waals surface area contributed by atoms with Crippen molar-refractivity contribution in [3.8, 4) is 0 Å². The van der Waals surface area contributed by atoms with E-state index in [-0.39, 0.29) is 46.3 Å². The molecule has 3 atom stereocenters. The Kier molecular flexibility index (Phi) is 7.20. The maximum absolute atomic E-state index is 14.7. The molecular weight excluding hydrogens is 485 g/mol. The highest BCUT2D eigenvalue weighted by molar-refractivity contribution is 6.32. The third-order valence-corrected chi connectivity index (χ3v) is 7.92. The second-order valence-electron chi connectivity index (χ2n) is 9.74. The number of carbonyl (C=O) groups is 3. The average molecular weight is 514 g/mol. The van der Waals surface area contributed by atoms with Crippen LogP contribution in [0.15, 0.2) is 36.5 Å². The van der Waals surface area contributed by atoms with Gasteiger partial charge in [0.1, 0.15) is 11.0 Å². The molecule has 1 aliphatic carbocycles. The third-order valence-electron chi connectivity index (χ3n) is 7.61. The molecule has 0 bridgehead atoms. The number of nitrogens with one attached hydrogen (secondary N) is 2. The summed E-state index contributed by atoms with van der Waals surface area (Å²) in [4.78, 5) is 45.4. The van der Waals surface area contributed by atoms with Gasteiger partial charge >= 0.3 is 0 Å². The molecule has 2 aromatic rings. The van der Waals surface area contributed by atoms with Crippen LogP contribution in [0, 0.1) is 17.7 Å². The molecule has 3 aliphatic rings. The highest BCUT2D eigenvalue weighted by Gasteiger charge is 2.40. The molecule has 1 saturated carbocycles. The number of halogens is 2. The normalized spacial score (nSPS) is 24.2. The van der Waals surface area contributed by atoms with Crippen molar-refractivity contribution in [3.63, 3.8) is 0 Å². The lowest BCUT2D eigenvalue weighted by atomic mass is 9.72. The fourth-order valence-electron chi connectivity index (χ4n) is 5.65. The van der Waals surface area contributed by atoms with Crippen LogP contribution in [0.5, 0.6) is 0 Å². The van der Waals surface area contributed by atoms with Crippen molar-refractivity contribution in [1.29, 1.82) is 0 Å². The Balaban J connectivity index is 1.24. The molecule has 0 radical (unpaired) electrons. The van der Waals surface area contributed by atoms with E-state index in [0.717, 1.165) is 31.2 Å². The van der Waals surface area contributed by atoms with E-state index in [9.17, 15) is 18.8 Å². The molecule has 3 amide bonds. The highest BCUT2D eigenvalue weighted by atomic mass is 35.5. The van der Waals surface area contributed by atoms with Crippen molar-refractivity contribution >= 4 is 29.3 Å². The second-order valence-corrected chi connectivity index (χ2v) is 10.1. The third kappa shape index (κ3) is 4.95. The van der Waals surface area contributed by atoms with Gasteiger partial charge in [-0.1, -0.05) is 30.5 Å². The molecular formula is C26H29ClFN5O3. The van der Waals surface area contributed by atoms with Crippen LogP contribution in [0.3, 0.4) is 0 Å². The van der Waals surface area contributed by atoms with Gasteiger partial charge in [0, 0.05) is 44.3 Å². The van der Waals surface area contributed by atoms with E-state index in [4.69, 9.17) is 11.6 Å². The number of piperazine rings is 1. The van der Waals surface area contributed by atoms with Gasteiger partial charge in [-0.3, -0.25) is 19.8 Å². The largest absolute Gasteiger partial charge is 0.335 e. The van der Waals surface area contributed by atoms with Crippen LogP contribution in [-0.4, -0.2) is 64.7 Å². The molecule has 2 N–H and O–H groups in total. The Hall–Kier alpha value is -3.04. The number of rotatable bonds is 4. The first-order chi connectivity index (χ1) is 17.4. The number of carbonyl (C=O) groups excluding carboxylic acids is 3. The smallest absolute Gasteiger partial charge is 0.257 e. The molecule has 10 heteroatoms. The number of fused-ring (bicyclic) bond motifs is 1. The Labute approximate surface area is 214 Å². The number of hydrogen-bond acceptors (Lipinski definition) is 5. The topological polar surface area (TPSA) is 94.6 Å². The second kappa shape index (κ2) is 10.5. The molecule has 5 rings (SSSR count). The van der Waals surface area contributed by atoms with E-state index >= 15 is 0 Å². The SMILES string of the molecule is O=C1NNC(Cc2ccc(F)c(C(=O)N3CCN(C(=O)c4cccnc4Cl)CC3)c2)C2CCCCC12. The van der Waals surface area contributed by atoms with Gasteiger partial charge in [-0.15, -0.1) is 0 Å². The van der Waals surface area contributed by atoms with Crippen LogP contribution in [0.1, 0.15) is 52.0 Å². The average Bonchev–Trinajstić information content (AvgIpc) is 2.91. The van der Waals surface area contributed by atoms with Crippen LogP contribution in [-0.2, 0) is 11.2 Å². The van der Waals surface area contributed by atoms with Gasteiger partial charge in [-0.25, -0.2) is 14.8 Å². The number of hydrazine groups is 1. The first-order valence-corrected chi connectivity index (χ1v) is 12.8. The Morgan fingerprint density at radius 3 is 2.44 bits per heavy atom. The number of benzene rings is 1. The molecule has 2 aliphatic heterocycles. The summed E-state index contributed by atoms with van der Waals surface area (Å²) in [7, 11) is 0. The van der Waals surface area contributed by atoms with E-state index in [1.807, 2.05) is 0 Å². The molecule has 8 nitrogen and oxygen atoms in total. The number of pyridine rings is 1. The Morgan fingerprint density at radius 1 is 1.03 bits per heavy atom. The Bertz CT molecular complexity index is 1170. The summed E-state index contributed by atoms with van der Waals surface area (Å²) in [6.45, 7) is 1.25. The van der Waals surface area contributed by atoms with E-state index in [0.29, 0.717) is 38.2 Å². The van der Waals surface area contributed by atoms with Crippen LogP contribution < -0.4 is 10.9 Å². The fourth-order valence-corrected chi connectivity index (χ4v) is 5.85. The first-order valence-electron chi connectivity index (χ1n) is 12.4. The quantitative estimate of drug-likeness (QED) is 0.613. The zero-order valence-corrected chi connectivity index (χ0v) is 20.6. The van der Waals surface area contributed by atoms with Crippen LogP contribution in [0.4, 0.5) is 4.39 Å². The maximum Gasteiger partial charge on any atom is 0.257 e. The van der Waals surface area contributed by atoms with Gasteiger partial charge in [0.15, 0.2) is 0 Å². The summed E-state index contributed by atoms with van der Waals surface area (Å²) in [5.41, 5.74) is 7.13. The monoisotopic (exact) mass is 513 g/mol. The molecule has 3 unspecified atom stereocenters. The molecule has 0 spiro atoms. The van der Waals surface area contributed by atoms with Crippen molar-refractivity contribution in [3.05, 3.63) is 64.2 Å². The minimum Gasteiger partial charge on any atom is -0.335 e. The zero-order chi connectivity index (χ0) is 25.2. The van der Waals surface area contributed by atoms with Crippen molar-refractivity contribution in [2.75, 3.05) is 26.2 Å². The summed E-state index contributed by atoms with van der Waals surface area (Å²) >= 11 is 6.05. The highest BCUT2D eigenvalue weighted by Crippen LogP contribution is 2.35. The van der Waals surface area contributed by atoms with Gasteiger partial charge in [-0.05, 0) is 55.0 Å². The van der Waals surface area contributed by atoms with Gasteiger partial charge in [-0.2, -0.15) is 0 Å². The van der Waals surface area contributed by atoms with Crippen molar-refractivity contribution in [2.45, 2.75) is 38.1 Å². The fraction of sp³-hybridized carbons (Fsp3) is 0.462. The summed E-state index contributed by atoms with van der Waals surface area (Å²) in [5.74, 6) is -0.898. The maximum atomic E-state index is 14.7. The van der Waals surface area contributed by atoms with E-state index < -0.39 is 5.82 Å². The predicted molar refractivity (Wildman–Crippen MR) is 132 cm³/mol. The van der Waals surface area contributed by atoms with Gasteiger partial charge in [0.25, 0.3) is 11.8 Å². The molecule has 3 fully saturated rings. The van der Waals surface area contributed by atoms with Crippen molar-refractivity contribution in [1.82, 2.24) is 25.6 Å². The van der Waals surface area contributed by atoms with E-state index in [2.05, 4.69) is 15.8 Å². The van der Waals surface area contributed by atoms with Crippen molar-refractivity contribution < 1.29 is 18.8 Å². The van der Waals surface area contributed by atoms with Crippen molar-refractivity contribution in [2.24, 2.45) is 11.8 Å². The van der Waals surface area contributed by atoms with Crippen LogP contribution >= 0.6 is 11.6 Å². The number of aromatic nitrogens is 1. The van der Waals surface area contributed by atoms with E-state index in [1.54, 1.807) is 34.1 Å². The lowest BCUT2D eigenvalue weighted by Gasteiger charge is -2.41. The zero-order valence-electron chi connectivity index (χ0n) is 19.9. The molecule has 36 heavy (non-hydrogen) atoms. The predicted octanol–water partition coefficient (Wildman–Crippen LogP) is 2.82. The molecule has 3 heterocycles. The standard InChI is InChI=1S/C26H29ClFN5O3/c27-23-19(6-3-9-29-23)25(35)32-10-12-33(13-11-32)26(36)20-14-16(7-8-21(20)28)15-22-17-4-1-2-5-18(17)24(34)31-30-22/h3,6-9,14,17-18,22,30H,1-2,4-5,10-13,15H2,(H,31,34). The van der Waals surface area contributed by atoms with Crippen LogP contribution in [0.25, 0.3) is 0 Å². The van der Waals surface area contributed by atoms with Gasteiger partial charge in [0.05, 0.1) is 11.1 Å².